The monoisotopic (exact) mass is 332 g/mol. The molecule has 3 nitrogen and oxygen atoms in total. The summed E-state index contributed by atoms with van der Waals surface area (Å²) in [5.74, 6) is 1.52. The lowest BCUT2D eigenvalue weighted by atomic mass is 10.0. The summed E-state index contributed by atoms with van der Waals surface area (Å²) in [4.78, 5) is 17.7. The second kappa shape index (κ2) is 8.20. The Labute approximate surface area is 144 Å². The average molecular weight is 333 g/mol. The molecular formula is C19H28N2OS. The molecule has 1 atom stereocenters. The van der Waals surface area contributed by atoms with Gasteiger partial charge in [0.15, 0.2) is 0 Å². The quantitative estimate of drug-likeness (QED) is 0.844. The number of carbonyl (C=O) groups excluding carboxylic acids is 1. The maximum atomic E-state index is 13.2. The van der Waals surface area contributed by atoms with Gasteiger partial charge in [-0.15, -0.1) is 11.8 Å². The van der Waals surface area contributed by atoms with Crippen molar-refractivity contribution in [2.75, 3.05) is 25.9 Å². The van der Waals surface area contributed by atoms with Gasteiger partial charge in [-0.25, -0.2) is 0 Å². The molecule has 126 valence electrons. The summed E-state index contributed by atoms with van der Waals surface area (Å²) in [5.41, 5.74) is 1.25. The van der Waals surface area contributed by atoms with E-state index in [1.807, 2.05) is 17.8 Å². The van der Waals surface area contributed by atoms with Gasteiger partial charge in [0.1, 0.15) is 0 Å². The van der Waals surface area contributed by atoms with Crippen LogP contribution in [-0.4, -0.2) is 52.9 Å². The molecule has 0 aliphatic carbocycles. The van der Waals surface area contributed by atoms with Crippen molar-refractivity contribution >= 4 is 17.7 Å². The van der Waals surface area contributed by atoms with Crippen LogP contribution in [-0.2, 0) is 11.3 Å². The lowest BCUT2D eigenvalue weighted by Crippen LogP contribution is -2.49. The van der Waals surface area contributed by atoms with Gasteiger partial charge in [0.05, 0.1) is 5.25 Å². The lowest BCUT2D eigenvalue weighted by molar-refractivity contribution is -0.134. The Balaban J connectivity index is 1.73. The molecule has 1 amide bonds. The predicted molar refractivity (Wildman–Crippen MR) is 97.6 cm³/mol. The smallest absolute Gasteiger partial charge is 0.236 e. The number of nitrogens with zero attached hydrogens (tertiary/aromatic N) is 2. The van der Waals surface area contributed by atoms with Gasteiger partial charge in [-0.2, -0.15) is 0 Å². The Hall–Kier alpha value is -1.000. The molecule has 2 saturated heterocycles. The minimum absolute atomic E-state index is 0.187. The van der Waals surface area contributed by atoms with Crippen LogP contribution in [0.3, 0.4) is 0 Å². The third-order valence-corrected chi connectivity index (χ3v) is 6.43. The number of hydrogen-bond donors (Lipinski definition) is 0. The zero-order valence-electron chi connectivity index (χ0n) is 14.1. The standard InChI is InChI=1S/C19H28N2OS/c1-20-12-10-17(11-13-20)21(15-16-7-3-2-4-8-16)19(22)18-9-5-6-14-23-18/h2-4,7-8,17-18H,5-6,9-15H2,1H3/t18-/m1/s1. The Kier molecular flexibility index (Phi) is 6.01. The first-order valence-electron chi connectivity index (χ1n) is 8.88. The molecule has 23 heavy (non-hydrogen) atoms. The summed E-state index contributed by atoms with van der Waals surface area (Å²) in [5, 5.41) is 0.187. The van der Waals surface area contributed by atoms with Crippen molar-refractivity contribution in [3.63, 3.8) is 0 Å². The first-order chi connectivity index (χ1) is 11.2. The fourth-order valence-electron chi connectivity index (χ4n) is 3.59. The minimum atomic E-state index is 0.187. The van der Waals surface area contributed by atoms with Gasteiger partial charge in [-0.1, -0.05) is 36.8 Å². The molecule has 0 radical (unpaired) electrons. The molecule has 2 heterocycles. The van der Waals surface area contributed by atoms with Crippen LogP contribution in [0.4, 0.5) is 0 Å². The largest absolute Gasteiger partial charge is 0.334 e. The van der Waals surface area contributed by atoms with Gasteiger partial charge < -0.3 is 9.80 Å². The van der Waals surface area contributed by atoms with E-state index in [0.29, 0.717) is 11.9 Å². The molecule has 0 aromatic heterocycles. The van der Waals surface area contributed by atoms with E-state index in [9.17, 15) is 4.79 Å². The normalized spacial score (nSPS) is 23.6. The van der Waals surface area contributed by atoms with Gasteiger partial charge in [0.2, 0.25) is 5.91 Å². The Bertz CT molecular complexity index is 493. The zero-order valence-corrected chi connectivity index (χ0v) is 14.9. The van der Waals surface area contributed by atoms with Crippen LogP contribution in [0, 0.1) is 0 Å². The maximum absolute atomic E-state index is 13.2. The van der Waals surface area contributed by atoms with Crippen LogP contribution in [0.25, 0.3) is 0 Å². The first kappa shape index (κ1) is 16.8. The van der Waals surface area contributed by atoms with E-state index in [1.165, 1.54) is 18.4 Å². The Morgan fingerprint density at radius 2 is 1.91 bits per heavy atom. The molecule has 3 rings (SSSR count). The molecule has 0 saturated carbocycles. The summed E-state index contributed by atoms with van der Waals surface area (Å²) in [7, 11) is 2.18. The summed E-state index contributed by atoms with van der Waals surface area (Å²) in [6, 6.07) is 10.9. The van der Waals surface area contributed by atoms with Crippen molar-refractivity contribution in [3.8, 4) is 0 Å². The van der Waals surface area contributed by atoms with Crippen LogP contribution < -0.4 is 0 Å². The van der Waals surface area contributed by atoms with Crippen molar-refractivity contribution in [1.29, 1.82) is 0 Å². The van der Waals surface area contributed by atoms with Gasteiger partial charge in [-0.05, 0) is 57.1 Å². The van der Waals surface area contributed by atoms with Crippen molar-refractivity contribution in [2.24, 2.45) is 0 Å². The highest BCUT2D eigenvalue weighted by Crippen LogP contribution is 2.29. The fourth-order valence-corrected chi connectivity index (χ4v) is 4.86. The number of piperidine rings is 1. The molecule has 0 N–H and O–H groups in total. The molecule has 1 aromatic rings. The third-order valence-electron chi connectivity index (χ3n) is 5.06. The highest BCUT2D eigenvalue weighted by Gasteiger charge is 2.32. The number of carbonyl (C=O) groups is 1. The molecule has 4 heteroatoms. The van der Waals surface area contributed by atoms with Gasteiger partial charge >= 0.3 is 0 Å². The lowest BCUT2D eigenvalue weighted by Gasteiger charge is -2.39. The average Bonchev–Trinajstić information content (AvgIpc) is 2.62. The molecule has 1 aromatic carbocycles. The van der Waals surface area contributed by atoms with Crippen LogP contribution in [0.2, 0.25) is 0 Å². The van der Waals surface area contributed by atoms with Crippen LogP contribution in [0.1, 0.15) is 37.7 Å². The van der Waals surface area contributed by atoms with E-state index in [1.54, 1.807) is 0 Å². The molecule has 2 fully saturated rings. The summed E-state index contributed by atoms with van der Waals surface area (Å²) in [6.45, 7) is 2.97. The number of hydrogen-bond acceptors (Lipinski definition) is 3. The Morgan fingerprint density at radius 1 is 1.17 bits per heavy atom. The van der Waals surface area contributed by atoms with Gasteiger partial charge in [-0.3, -0.25) is 4.79 Å². The minimum Gasteiger partial charge on any atom is -0.334 e. The second-order valence-corrected chi connectivity index (χ2v) is 8.15. The number of likely N-dealkylation sites (tertiary alicyclic amines) is 1. The van der Waals surface area contributed by atoms with Crippen LogP contribution >= 0.6 is 11.8 Å². The highest BCUT2D eigenvalue weighted by molar-refractivity contribution is 8.00. The SMILES string of the molecule is CN1CCC(N(Cc2ccccc2)C(=O)[C@H]2CCCCS2)CC1. The van der Waals surface area contributed by atoms with E-state index >= 15 is 0 Å². The first-order valence-corrected chi connectivity index (χ1v) is 9.93. The highest BCUT2D eigenvalue weighted by atomic mass is 32.2. The molecule has 2 aliphatic heterocycles. The van der Waals surface area contributed by atoms with E-state index in [0.717, 1.165) is 44.6 Å². The van der Waals surface area contributed by atoms with Crippen molar-refractivity contribution in [1.82, 2.24) is 9.80 Å². The summed E-state index contributed by atoms with van der Waals surface area (Å²) in [6.07, 6.45) is 5.73. The Morgan fingerprint density at radius 3 is 2.57 bits per heavy atom. The van der Waals surface area contributed by atoms with E-state index in [-0.39, 0.29) is 5.25 Å². The molecule has 0 bridgehead atoms. The number of benzene rings is 1. The third kappa shape index (κ3) is 4.51. The molecule has 0 spiro atoms. The predicted octanol–water partition coefficient (Wildman–Crippen LogP) is 3.40. The van der Waals surface area contributed by atoms with Crippen LogP contribution in [0.5, 0.6) is 0 Å². The molecular weight excluding hydrogens is 304 g/mol. The number of rotatable bonds is 4. The van der Waals surface area contributed by atoms with Crippen molar-refractivity contribution in [2.45, 2.75) is 49.9 Å². The molecule has 0 unspecified atom stereocenters. The summed E-state index contributed by atoms with van der Waals surface area (Å²) < 4.78 is 0. The second-order valence-electron chi connectivity index (χ2n) is 6.84. The van der Waals surface area contributed by atoms with Crippen molar-refractivity contribution in [3.05, 3.63) is 35.9 Å². The van der Waals surface area contributed by atoms with Gasteiger partial charge in [0, 0.05) is 12.6 Å². The van der Waals surface area contributed by atoms with Gasteiger partial charge in [0.25, 0.3) is 0 Å². The zero-order chi connectivity index (χ0) is 16.1. The maximum Gasteiger partial charge on any atom is 0.236 e. The molecule has 2 aliphatic rings. The fraction of sp³-hybridized carbons (Fsp3) is 0.632. The van der Waals surface area contributed by atoms with E-state index < -0.39 is 0 Å². The topological polar surface area (TPSA) is 23.6 Å². The number of amides is 1. The summed E-state index contributed by atoms with van der Waals surface area (Å²) >= 11 is 1.87. The van der Waals surface area contributed by atoms with E-state index in [4.69, 9.17) is 0 Å². The van der Waals surface area contributed by atoms with E-state index in [2.05, 4.69) is 41.1 Å². The van der Waals surface area contributed by atoms with Crippen LogP contribution in [0.15, 0.2) is 30.3 Å². The van der Waals surface area contributed by atoms with Crippen molar-refractivity contribution < 1.29 is 4.79 Å². The number of thioether (sulfide) groups is 1.